The Kier molecular flexibility index (Phi) is 5.47. The van der Waals surface area contributed by atoms with Gasteiger partial charge in [-0.3, -0.25) is 4.90 Å². The van der Waals surface area contributed by atoms with E-state index < -0.39 is 0 Å². The van der Waals surface area contributed by atoms with Crippen LogP contribution in [-0.4, -0.2) is 43.9 Å². The van der Waals surface area contributed by atoms with E-state index in [-0.39, 0.29) is 6.10 Å². The molecule has 1 aromatic rings. The molecule has 2 rings (SSSR count). The third kappa shape index (κ3) is 3.97. The molecule has 18 heavy (non-hydrogen) atoms. The summed E-state index contributed by atoms with van der Waals surface area (Å²) in [6, 6.07) is 7.92. The minimum atomic E-state index is 0.178. The number of para-hydroxylation sites is 1. The molecule has 1 fully saturated rings. The van der Waals surface area contributed by atoms with Gasteiger partial charge >= 0.3 is 0 Å². The summed E-state index contributed by atoms with van der Waals surface area (Å²) in [7, 11) is 0. The first-order chi connectivity index (χ1) is 8.79. The third-order valence-electron chi connectivity index (χ3n) is 3.02. The van der Waals surface area contributed by atoms with Gasteiger partial charge in [0, 0.05) is 13.1 Å². The fraction of sp³-hybridized carbons (Fsp3) is 0.571. The number of halogens is 1. The summed E-state index contributed by atoms with van der Waals surface area (Å²) in [5, 5.41) is 0. The molecule has 1 saturated heterocycles. The molecule has 0 amide bonds. The molecule has 100 valence electrons. The van der Waals surface area contributed by atoms with Crippen molar-refractivity contribution >= 4 is 15.9 Å². The third-order valence-corrected chi connectivity index (χ3v) is 3.68. The number of hydrogen-bond acceptors (Lipinski definition) is 3. The second-order valence-corrected chi connectivity index (χ2v) is 5.39. The van der Waals surface area contributed by atoms with E-state index in [0.29, 0.717) is 6.61 Å². The predicted molar refractivity (Wildman–Crippen MR) is 76.1 cm³/mol. The highest BCUT2D eigenvalue weighted by atomic mass is 79.9. The molecule has 3 nitrogen and oxygen atoms in total. The number of ether oxygens (including phenoxy) is 2. The van der Waals surface area contributed by atoms with Gasteiger partial charge < -0.3 is 9.47 Å². The van der Waals surface area contributed by atoms with Crippen molar-refractivity contribution in [2.24, 2.45) is 0 Å². The van der Waals surface area contributed by atoms with Crippen molar-refractivity contribution in [3.63, 3.8) is 0 Å². The van der Waals surface area contributed by atoms with Gasteiger partial charge in [0.2, 0.25) is 0 Å². The number of hydrogen-bond donors (Lipinski definition) is 0. The zero-order chi connectivity index (χ0) is 12.8. The van der Waals surface area contributed by atoms with Crippen molar-refractivity contribution in [3.05, 3.63) is 28.7 Å². The Labute approximate surface area is 117 Å². The van der Waals surface area contributed by atoms with Crippen molar-refractivity contribution < 1.29 is 9.47 Å². The molecule has 0 aliphatic carbocycles. The summed E-state index contributed by atoms with van der Waals surface area (Å²) in [6.45, 7) is 6.79. The van der Waals surface area contributed by atoms with Crippen LogP contribution < -0.4 is 4.74 Å². The highest BCUT2D eigenvalue weighted by Gasteiger charge is 2.20. The SMILES string of the molecule is CCCN1CCO[C@@H](COc2ccccc2Br)C1. The van der Waals surface area contributed by atoms with Gasteiger partial charge in [0.15, 0.2) is 0 Å². The Hall–Kier alpha value is -0.580. The molecular formula is C14H20BrNO2. The maximum absolute atomic E-state index is 5.80. The van der Waals surface area contributed by atoms with E-state index in [0.717, 1.165) is 36.5 Å². The number of rotatable bonds is 5. The average molecular weight is 314 g/mol. The van der Waals surface area contributed by atoms with Crippen LogP contribution in [0.1, 0.15) is 13.3 Å². The van der Waals surface area contributed by atoms with Gasteiger partial charge in [0.05, 0.1) is 11.1 Å². The summed E-state index contributed by atoms with van der Waals surface area (Å²) in [5.41, 5.74) is 0. The van der Waals surface area contributed by atoms with Gasteiger partial charge in [0.25, 0.3) is 0 Å². The molecular weight excluding hydrogens is 294 g/mol. The molecule has 0 radical (unpaired) electrons. The summed E-state index contributed by atoms with van der Waals surface area (Å²) in [5.74, 6) is 0.883. The van der Waals surface area contributed by atoms with Gasteiger partial charge in [-0.15, -0.1) is 0 Å². The summed E-state index contributed by atoms with van der Waals surface area (Å²) >= 11 is 3.48. The zero-order valence-electron chi connectivity index (χ0n) is 10.8. The molecule has 1 heterocycles. The van der Waals surface area contributed by atoms with E-state index in [4.69, 9.17) is 9.47 Å². The van der Waals surface area contributed by atoms with Crippen LogP contribution in [0.3, 0.4) is 0 Å². The first-order valence-corrected chi connectivity index (χ1v) is 7.30. The van der Waals surface area contributed by atoms with Crippen molar-refractivity contribution in [2.45, 2.75) is 19.4 Å². The van der Waals surface area contributed by atoms with E-state index in [1.165, 1.54) is 6.42 Å². The molecule has 1 aliphatic rings. The molecule has 4 heteroatoms. The lowest BCUT2D eigenvalue weighted by Crippen LogP contribution is -2.45. The molecule has 1 aliphatic heterocycles. The lowest BCUT2D eigenvalue weighted by molar-refractivity contribution is -0.0478. The quantitative estimate of drug-likeness (QED) is 0.834. The Morgan fingerprint density at radius 1 is 1.44 bits per heavy atom. The van der Waals surface area contributed by atoms with Gasteiger partial charge in [-0.2, -0.15) is 0 Å². The van der Waals surface area contributed by atoms with Crippen molar-refractivity contribution in [1.29, 1.82) is 0 Å². The van der Waals surface area contributed by atoms with Crippen LogP contribution in [0.5, 0.6) is 5.75 Å². The second kappa shape index (κ2) is 7.12. The maximum atomic E-state index is 5.80. The molecule has 0 bridgehead atoms. The zero-order valence-corrected chi connectivity index (χ0v) is 12.4. The molecule has 0 unspecified atom stereocenters. The maximum Gasteiger partial charge on any atom is 0.133 e. The van der Waals surface area contributed by atoms with E-state index in [2.05, 4.69) is 27.8 Å². The van der Waals surface area contributed by atoms with Crippen LogP contribution in [0.25, 0.3) is 0 Å². The minimum Gasteiger partial charge on any atom is -0.490 e. The fourth-order valence-electron chi connectivity index (χ4n) is 2.15. The van der Waals surface area contributed by atoms with Crippen molar-refractivity contribution in [3.8, 4) is 5.75 Å². The molecule has 1 atom stereocenters. The Morgan fingerprint density at radius 3 is 3.06 bits per heavy atom. The smallest absolute Gasteiger partial charge is 0.133 e. The first-order valence-electron chi connectivity index (χ1n) is 6.51. The number of morpholine rings is 1. The van der Waals surface area contributed by atoms with Crippen LogP contribution in [-0.2, 0) is 4.74 Å². The topological polar surface area (TPSA) is 21.7 Å². The lowest BCUT2D eigenvalue weighted by atomic mass is 10.2. The molecule has 0 spiro atoms. The first kappa shape index (κ1) is 13.8. The molecule has 0 N–H and O–H groups in total. The lowest BCUT2D eigenvalue weighted by Gasteiger charge is -2.32. The van der Waals surface area contributed by atoms with Gasteiger partial charge in [-0.25, -0.2) is 0 Å². The second-order valence-electron chi connectivity index (χ2n) is 4.53. The van der Waals surface area contributed by atoms with Crippen molar-refractivity contribution in [2.75, 3.05) is 32.8 Å². The van der Waals surface area contributed by atoms with E-state index >= 15 is 0 Å². The monoisotopic (exact) mass is 313 g/mol. The van der Waals surface area contributed by atoms with Crippen LogP contribution in [0.4, 0.5) is 0 Å². The molecule has 0 aromatic heterocycles. The Balaban J connectivity index is 1.81. The predicted octanol–water partition coefficient (Wildman–Crippen LogP) is 2.94. The molecule has 1 aromatic carbocycles. The van der Waals surface area contributed by atoms with Gasteiger partial charge in [-0.05, 0) is 41.0 Å². The standard InChI is InChI=1S/C14H20BrNO2/c1-2-7-16-8-9-17-12(10-16)11-18-14-6-4-3-5-13(14)15/h3-6,12H,2,7-11H2,1H3/t12-/m1/s1. The van der Waals surface area contributed by atoms with Crippen LogP contribution in [0, 0.1) is 0 Å². The Morgan fingerprint density at radius 2 is 2.28 bits per heavy atom. The average Bonchev–Trinajstić information content (AvgIpc) is 2.39. The minimum absolute atomic E-state index is 0.178. The van der Waals surface area contributed by atoms with E-state index in [1.807, 2.05) is 24.3 Å². The van der Waals surface area contributed by atoms with Crippen LogP contribution >= 0.6 is 15.9 Å². The summed E-state index contributed by atoms with van der Waals surface area (Å²) in [4.78, 5) is 2.44. The summed E-state index contributed by atoms with van der Waals surface area (Å²) in [6.07, 6.45) is 1.37. The number of benzene rings is 1. The highest BCUT2D eigenvalue weighted by Crippen LogP contribution is 2.24. The normalized spacial score (nSPS) is 20.9. The van der Waals surface area contributed by atoms with E-state index in [1.54, 1.807) is 0 Å². The van der Waals surface area contributed by atoms with Gasteiger partial charge in [0.1, 0.15) is 18.5 Å². The van der Waals surface area contributed by atoms with Gasteiger partial charge in [-0.1, -0.05) is 19.1 Å². The molecule has 0 saturated carbocycles. The van der Waals surface area contributed by atoms with Crippen LogP contribution in [0.15, 0.2) is 28.7 Å². The largest absolute Gasteiger partial charge is 0.490 e. The number of nitrogens with zero attached hydrogens (tertiary/aromatic N) is 1. The van der Waals surface area contributed by atoms with Crippen molar-refractivity contribution in [1.82, 2.24) is 4.90 Å². The highest BCUT2D eigenvalue weighted by molar-refractivity contribution is 9.10. The Bertz CT molecular complexity index is 371. The van der Waals surface area contributed by atoms with Crippen LogP contribution in [0.2, 0.25) is 0 Å². The summed E-state index contributed by atoms with van der Waals surface area (Å²) < 4.78 is 12.5. The van der Waals surface area contributed by atoms with E-state index in [9.17, 15) is 0 Å². The fourth-order valence-corrected chi connectivity index (χ4v) is 2.54.